The number of hydrogen-bond donors (Lipinski definition) is 1. The first kappa shape index (κ1) is 13.1. The highest BCUT2D eigenvalue weighted by molar-refractivity contribution is 5.92. The Morgan fingerprint density at radius 3 is 2.57 bits per heavy atom. The van der Waals surface area contributed by atoms with E-state index in [4.69, 9.17) is 4.42 Å². The Morgan fingerprint density at radius 2 is 1.81 bits per heavy atom. The number of rotatable bonds is 2. The zero-order valence-electron chi connectivity index (χ0n) is 11.3. The molecule has 3 rings (SSSR count). The van der Waals surface area contributed by atoms with E-state index in [2.05, 4.69) is 0 Å². The molecule has 1 aromatic heterocycles. The normalized spacial score (nSPS) is 10.7. The molecule has 0 aliphatic carbocycles. The molecule has 4 heteroatoms. The molecule has 0 saturated carbocycles. The van der Waals surface area contributed by atoms with Crippen molar-refractivity contribution >= 4 is 16.9 Å². The lowest BCUT2D eigenvalue weighted by Crippen LogP contribution is -2.06. The molecule has 0 atom stereocenters. The summed E-state index contributed by atoms with van der Waals surface area (Å²) < 4.78 is 5.30. The maximum Gasteiger partial charge on any atom is 0.344 e. The van der Waals surface area contributed by atoms with Crippen molar-refractivity contribution in [2.75, 3.05) is 0 Å². The second-order valence-corrected chi connectivity index (χ2v) is 4.77. The molecular weight excluding hydrogens is 268 g/mol. The van der Waals surface area contributed by atoms with Crippen LogP contribution in [0.25, 0.3) is 22.1 Å². The van der Waals surface area contributed by atoms with E-state index in [9.17, 15) is 14.7 Å². The second kappa shape index (κ2) is 4.90. The van der Waals surface area contributed by atoms with Gasteiger partial charge in [-0.2, -0.15) is 0 Å². The summed E-state index contributed by atoms with van der Waals surface area (Å²) in [5.41, 5.74) is 1.72. The van der Waals surface area contributed by atoms with Crippen molar-refractivity contribution in [1.29, 1.82) is 0 Å². The van der Waals surface area contributed by atoms with E-state index in [0.717, 1.165) is 5.39 Å². The van der Waals surface area contributed by atoms with E-state index >= 15 is 0 Å². The molecule has 1 N–H and O–H groups in total. The number of hydrogen-bond acceptors (Lipinski definition) is 3. The molecule has 1 heterocycles. The van der Waals surface area contributed by atoms with Crippen molar-refractivity contribution in [3.8, 4) is 11.1 Å². The van der Waals surface area contributed by atoms with Gasteiger partial charge in [0.2, 0.25) is 0 Å². The van der Waals surface area contributed by atoms with E-state index in [1.165, 1.54) is 6.07 Å². The third-order valence-corrected chi connectivity index (χ3v) is 3.50. The summed E-state index contributed by atoms with van der Waals surface area (Å²) in [5.74, 6) is -1.01. The van der Waals surface area contributed by atoms with Gasteiger partial charge in [0.25, 0.3) is 0 Å². The second-order valence-electron chi connectivity index (χ2n) is 4.77. The SMILES string of the molecule is Cc1c(C(=O)O)cccc1-c1cc2ccccc2oc1=O. The average molecular weight is 280 g/mol. The number of aromatic carboxylic acids is 1. The number of benzene rings is 2. The van der Waals surface area contributed by atoms with Crippen molar-refractivity contribution in [1.82, 2.24) is 0 Å². The van der Waals surface area contributed by atoms with Crippen molar-refractivity contribution in [3.05, 3.63) is 70.1 Å². The molecule has 4 nitrogen and oxygen atoms in total. The number of carbonyl (C=O) groups is 1. The number of para-hydroxylation sites is 1. The summed E-state index contributed by atoms with van der Waals surface area (Å²) in [4.78, 5) is 23.4. The standard InChI is InChI=1S/C17H12O4/c1-10-12(6-4-7-13(10)16(18)19)14-9-11-5-2-3-8-15(11)21-17(14)20/h2-9H,1H3,(H,18,19). The highest BCUT2D eigenvalue weighted by Crippen LogP contribution is 2.26. The van der Waals surface area contributed by atoms with Gasteiger partial charge in [0.15, 0.2) is 0 Å². The Labute approximate surface area is 120 Å². The predicted octanol–water partition coefficient (Wildman–Crippen LogP) is 3.47. The van der Waals surface area contributed by atoms with Gasteiger partial charge in [0, 0.05) is 5.39 Å². The quantitative estimate of drug-likeness (QED) is 0.730. The highest BCUT2D eigenvalue weighted by atomic mass is 16.4. The molecule has 0 saturated heterocycles. The maximum absolute atomic E-state index is 12.2. The fraction of sp³-hybridized carbons (Fsp3) is 0.0588. The third kappa shape index (κ3) is 2.21. The molecule has 0 radical (unpaired) electrons. The van der Waals surface area contributed by atoms with Gasteiger partial charge in [-0.05, 0) is 36.2 Å². The number of carboxylic acids is 1. The molecule has 0 spiro atoms. The van der Waals surface area contributed by atoms with Gasteiger partial charge in [0.1, 0.15) is 5.58 Å². The van der Waals surface area contributed by atoms with Gasteiger partial charge in [0.05, 0.1) is 11.1 Å². The fourth-order valence-electron chi connectivity index (χ4n) is 2.41. The maximum atomic E-state index is 12.2. The van der Waals surface area contributed by atoms with Crippen LogP contribution in [0.1, 0.15) is 15.9 Å². The Morgan fingerprint density at radius 1 is 1.05 bits per heavy atom. The summed E-state index contributed by atoms with van der Waals surface area (Å²) >= 11 is 0. The lowest BCUT2D eigenvalue weighted by Gasteiger charge is -2.08. The first-order valence-electron chi connectivity index (χ1n) is 6.44. The van der Waals surface area contributed by atoms with Gasteiger partial charge in [-0.3, -0.25) is 0 Å². The van der Waals surface area contributed by atoms with Crippen LogP contribution in [0.3, 0.4) is 0 Å². The molecule has 2 aromatic carbocycles. The molecule has 3 aromatic rings. The van der Waals surface area contributed by atoms with Gasteiger partial charge in [-0.25, -0.2) is 9.59 Å². The third-order valence-electron chi connectivity index (χ3n) is 3.50. The van der Waals surface area contributed by atoms with Crippen LogP contribution in [0.15, 0.2) is 57.7 Å². The molecule has 0 aliphatic rings. The Bertz CT molecular complexity index is 906. The largest absolute Gasteiger partial charge is 0.478 e. The zero-order valence-corrected chi connectivity index (χ0v) is 11.3. The summed E-state index contributed by atoms with van der Waals surface area (Å²) in [7, 11) is 0. The minimum Gasteiger partial charge on any atom is -0.478 e. The van der Waals surface area contributed by atoms with Crippen LogP contribution in [0.2, 0.25) is 0 Å². The van der Waals surface area contributed by atoms with Gasteiger partial charge in [-0.15, -0.1) is 0 Å². The minimum absolute atomic E-state index is 0.181. The molecule has 0 amide bonds. The fourth-order valence-corrected chi connectivity index (χ4v) is 2.41. The lowest BCUT2D eigenvalue weighted by molar-refractivity contribution is 0.0696. The van der Waals surface area contributed by atoms with E-state index in [-0.39, 0.29) is 5.56 Å². The van der Waals surface area contributed by atoms with Crippen LogP contribution in [0, 0.1) is 6.92 Å². The number of fused-ring (bicyclic) bond motifs is 1. The average Bonchev–Trinajstić information content (AvgIpc) is 2.47. The van der Waals surface area contributed by atoms with Crippen LogP contribution in [0.4, 0.5) is 0 Å². The van der Waals surface area contributed by atoms with Crippen molar-refractivity contribution < 1.29 is 14.3 Å². The monoisotopic (exact) mass is 280 g/mol. The molecule has 0 fully saturated rings. The van der Waals surface area contributed by atoms with Crippen LogP contribution in [-0.2, 0) is 0 Å². The van der Waals surface area contributed by atoms with Crippen LogP contribution in [-0.4, -0.2) is 11.1 Å². The first-order chi connectivity index (χ1) is 10.1. The van der Waals surface area contributed by atoms with Crippen LogP contribution >= 0.6 is 0 Å². The van der Waals surface area contributed by atoms with E-state index < -0.39 is 11.6 Å². The summed E-state index contributed by atoms with van der Waals surface area (Å²) in [6.07, 6.45) is 0. The molecule has 21 heavy (non-hydrogen) atoms. The topological polar surface area (TPSA) is 67.5 Å². The van der Waals surface area contributed by atoms with Crippen LogP contribution in [0.5, 0.6) is 0 Å². The smallest absolute Gasteiger partial charge is 0.344 e. The van der Waals surface area contributed by atoms with E-state index in [1.807, 2.05) is 12.1 Å². The van der Waals surface area contributed by atoms with Crippen molar-refractivity contribution in [2.24, 2.45) is 0 Å². The highest BCUT2D eigenvalue weighted by Gasteiger charge is 2.14. The van der Waals surface area contributed by atoms with Gasteiger partial charge in [-0.1, -0.05) is 30.3 Å². The first-order valence-corrected chi connectivity index (χ1v) is 6.44. The minimum atomic E-state index is -1.01. The summed E-state index contributed by atoms with van der Waals surface area (Å²) in [5, 5.41) is 9.97. The van der Waals surface area contributed by atoms with Gasteiger partial charge >= 0.3 is 11.6 Å². The zero-order chi connectivity index (χ0) is 15.0. The molecular formula is C17H12O4. The molecule has 0 unspecified atom stereocenters. The lowest BCUT2D eigenvalue weighted by atomic mass is 9.97. The van der Waals surface area contributed by atoms with Gasteiger partial charge < -0.3 is 9.52 Å². The summed E-state index contributed by atoms with van der Waals surface area (Å²) in [6, 6.07) is 13.8. The molecule has 0 aliphatic heterocycles. The van der Waals surface area contributed by atoms with Crippen molar-refractivity contribution in [3.63, 3.8) is 0 Å². The Hall–Kier alpha value is -2.88. The Balaban J connectivity index is 2.30. The summed E-state index contributed by atoms with van der Waals surface area (Å²) in [6.45, 7) is 1.69. The van der Waals surface area contributed by atoms with E-state index in [0.29, 0.717) is 22.3 Å². The van der Waals surface area contributed by atoms with E-state index in [1.54, 1.807) is 37.3 Å². The van der Waals surface area contributed by atoms with Crippen molar-refractivity contribution in [2.45, 2.75) is 6.92 Å². The Kier molecular flexibility index (Phi) is 3.06. The predicted molar refractivity (Wildman–Crippen MR) is 79.6 cm³/mol. The molecule has 104 valence electrons. The number of carboxylic acid groups (broad SMARTS) is 1. The van der Waals surface area contributed by atoms with Crippen LogP contribution < -0.4 is 5.63 Å². The molecule has 0 bridgehead atoms.